The minimum absolute atomic E-state index is 0.247. The van der Waals surface area contributed by atoms with Crippen LogP contribution in [0.15, 0.2) is 129 Å². The SMILES string of the molecule is O=C1/C(=C/c2ccccc2S)N=C(c2ccccc2)N1c1nc2ccc(Sc3ccccc3)cc2[nH]1. The number of anilines is 1. The second-order valence-corrected chi connectivity index (χ2v) is 9.81. The second kappa shape index (κ2) is 9.53. The van der Waals surface area contributed by atoms with Crippen LogP contribution in [0.2, 0.25) is 0 Å². The molecular weight excluding hydrogens is 484 g/mol. The van der Waals surface area contributed by atoms with Crippen molar-refractivity contribution in [3.05, 3.63) is 120 Å². The Morgan fingerprint density at radius 1 is 0.833 bits per heavy atom. The number of carbonyl (C=O) groups is 1. The van der Waals surface area contributed by atoms with Gasteiger partial charge in [-0.05, 0) is 48.0 Å². The molecule has 0 fully saturated rings. The number of rotatable bonds is 5. The molecule has 1 aromatic heterocycles. The standard InChI is InChI=1S/C29H20N4OS2/c34-28-25(17-20-11-7-8-14-26(20)35)30-27(19-9-3-1-4-10-19)33(28)29-31-23-16-15-22(18-24(23)32-29)36-21-12-5-2-6-13-21/h1-18,35H,(H,31,32)/b25-17-. The molecule has 0 unspecified atom stereocenters. The quantitative estimate of drug-likeness (QED) is 0.204. The van der Waals surface area contributed by atoms with Crippen LogP contribution in [0.4, 0.5) is 5.95 Å². The number of imidazole rings is 1. The molecule has 0 saturated carbocycles. The molecule has 7 heteroatoms. The smallest absolute Gasteiger partial charge is 0.285 e. The maximum atomic E-state index is 13.6. The van der Waals surface area contributed by atoms with Crippen molar-refractivity contribution in [2.75, 3.05) is 4.90 Å². The van der Waals surface area contributed by atoms with Gasteiger partial charge in [0.15, 0.2) is 5.84 Å². The Hall–Kier alpha value is -4.07. The minimum atomic E-state index is -0.247. The third-order valence-corrected chi connectivity index (χ3v) is 7.16. The Morgan fingerprint density at radius 2 is 1.56 bits per heavy atom. The number of hydrogen-bond acceptors (Lipinski definition) is 5. The van der Waals surface area contributed by atoms with Crippen molar-refractivity contribution in [3.8, 4) is 0 Å². The van der Waals surface area contributed by atoms with Gasteiger partial charge >= 0.3 is 0 Å². The van der Waals surface area contributed by atoms with Crippen LogP contribution in [0.3, 0.4) is 0 Å². The summed E-state index contributed by atoms with van der Waals surface area (Å²) in [4.78, 5) is 31.0. The second-order valence-electron chi connectivity index (χ2n) is 8.18. The summed E-state index contributed by atoms with van der Waals surface area (Å²) in [6, 6.07) is 33.6. The average Bonchev–Trinajstić information content (AvgIpc) is 3.47. The number of thiol groups is 1. The van der Waals surface area contributed by atoms with Crippen LogP contribution in [-0.2, 0) is 4.79 Å². The first kappa shape index (κ1) is 22.4. The molecular formula is C29H20N4OS2. The van der Waals surface area contributed by atoms with Crippen molar-refractivity contribution in [2.45, 2.75) is 14.7 Å². The van der Waals surface area contributed by atoms with E-state index in [4.69, 9.17) is 9.98 Å². The molecule has 0 atom stereocenters. The van der Waals surface area contributed by atoms with Gasteiger partial charge in [-0.25, -0.2) is 14.9 Å². The summed E-state index contributed by atoms with van der Waals surface area (Å²) in [5.41, 5.74) is 3.62. The fourth-order valence-corrected chi connectivity index (χ4v) is 5.12. The number of amides is 1. The molecule has 0 spiro atoms. The zero-order valence-electron chi connectivity index (χ0n) is 19.0. The van der Waals surface area contributed by atoms with Crippen LogP contribution in [0.25, 0.3) is 17.1 Å². The Balaban J connectivity index is 1.40. The molecule has 1 amide bonds. The molecule has 1 N–H and O–H groups in total. The summed E-state index contributed by atoms with van der Waals surface area (Å²) in [6.07, 6.45) is 1.77. The van der Waals surface area contributed by atoms with Gasteiger partial charge in [0.2, 0.25) is 5.95 Å². The van der Waals surface area contributed by atoms with E-state index in [0.717, 1.165) is 36.8 Å². The van der Waals surface area contributed by atoms with E-state index >= 15 is 0 Å². The van der Waals surface area contributed by atoms with Crippen molar-refractivity contribution in [2.24, 2.45) is 4.99 Å². The monoisotopic (exact) mass is 504 g/mol. The predicted molar refractivity (Wildman–Crippen MR) is 149 cm³/mol. The summed E-state index contributed by atoms with van der Waals surface area (Å²) in [5, 5.41) is 0. The van der Waals surface area contributed by atoms with Gasteiger partial charge in [-0.15, -0.1) is 12.6 Å². The van der Waals surface area contributed by atoms with Gasteiger partial charge in [0.1, 0.15) is 5.70 Å². The van der Waals surface area contributed by atoms with Crippen LogP contribution in [-0.4, -0.2) is 21.7 Å². The Bertz CT molecular complexity index is 1640. The van der Waals surface area contributed by atoms with Gasteiger partial charge in [0.25, 0.3) is 5.91 Å². The van der Waals surface area contributed by atoms with Gasteiger partial charge in [-0.2, -0.15) is 0 Å². The highest BCUT2D eigenvalue weighted by molar-refractivity contribution is 7.99. The molecule has 0 bridgehead atoms. The normalized spacial score (nSPS) is 14.6. The minimum Gasteiger partial charge on any atom is -0.323 e. The predicted octanol–water partition coefficient (Wildman–Crippen LogP) is 6.84. The number of H-pyrrole nitrogens is 1. The van der Waals surface area contributed by atoms with Crippen LogP contribution < -0.4 is 4.90 Å². The highest BCUT2D eigenvalue weighted by Gasteiger charge is 2.34. The molecule has 1 aliphatic rings. The van der Waals surface area contributed by atoms with E-state index in [-0.39, 0.29) is 5.91 Å². The first-order valence-electron chi connectivity index (χ1n) is 11.4. The summed E-state index contributed by atoms with van der Waals surface area (Å²) >= 11 is 6.20. The summed E-state index contributed by atoms with van der Waals surface area (Å²) in [7, 11) is 0. The van der Waals surface area contributed by atoms with Crippen molar-refractivity contribution in [1.82, 2.24) is 9.97 Å². The number of aliphatic imine (C=N–C) groups is 1. The lowest BCUT2D eigenvalue weighted by Crippen LogP contribution is -2.33. The number of aromatic nitrogens is 2. The number of nitrogens with one attached hydrogen (secondary N) is 1. The van der Waals surface area contributed by atoms with Gasteiger partial charge in [0.05, 0.1) is 11.0 Å². The lowest BCUT2D eigenvalue weighted by molar-refractivity contribution is -0.113. The number of hydrogen-bond donors (Lipinski definition) is 2. The zero-order chi connectivity index (χ0) is 24.5. The Morgan fingerprint density at radius 3 is 2.33 bits per heavy atom. The molecule has 5 aromatic rings. The highest BCUT2D eigenvalue weighted by atomic mass is 32.2. The number of aromatic amines is 1. The summed E-state index contributed by atoms with van der Waals surface area (Å²) in [6.45, 7) is 0. The fourth-order valence-electron chi connectivity index (χ4n) is 4.02. The molecule has 36 heavy (non-hydrogen) atoms. The molecule has 5 nitrogen and oxygen atoms in total. The van der Waals surface area contributed by atoms with Gasteiger partial charge in [0, 0.05) is 20.2 Å². The molecule has 2 heterocycles. The van der Waals surface area contributed by atoms with E-state index in [0.29, 0.717) is 17.5 Å². The lowest BCUT2D eigenvalue weighted by Gasteiger charge is -2.15. The number of carbonyl (C=O) groups excluding carboxylic acids is 1. The highest BCUT2D eigenvalue weighted by Crippen LogP contribution is 2.32. The average molecular weight is 505 g/mol. The molecule has 1 aliphatic heterocycles. The maximum Gasteiger partial charge on any atom is 0.285 e. The van der Waals surface area contributed by atoms with Crippen molar-refractivity contribution in [3.63, 3.8) is 0 Å². The first-order valence-corrected chi connectivity index (χ1v) is 12.6. The molecule has 0 radical (unpaired) electrons. The van der Waals surface area contributed by atoms with Crippen molar-refractivity contribution in [1.29, 1.82) is 0 Å². The maximum absolute atomic E-state index is 13.6. The lowest BCUT2D eigenvalue weighted by atomic mass is 10.2. The van der Waals surface area contributed by atoms with E-state index in [1.807, 2.05) is 84.9 Å². The third-order valence-electron chi connectivity index (χ3n) is 5.75. The van der Waals surface area contributed by atoms with E-state index in [9.17, 15) is 4.79 Å². The third kappa shape index (κ3) is 4.34. The summed E-state index contributed by atoms with van der Waals surface area (Å²) in [5.74, 6) is 0.715. The van der Waals surface area contributed by atoms with Crippen molar-refractivity contribution < 1.29 is 4.79 Å². The summed E-state index contributed by atoms with van der Waals surface area (Å²) < 4.78 is 0. The largest absolute Gasteiger partial charge is 0.323 e. The van der Waals surface area contributed by atoms with E-state index in [1.165, 1.54) is 0 Å². The molecule has 6 rings (SSSR count). The van der Waals surface area contributed by atoms with Gasteiger partial charge in [-0.3, -0.25) is 4.79 Å². The van der Waals surface area contributed by atoms with Crippen LogP contribution >= 0.6 is 24.4 Å². The Kier molecular flexibility index (Phi) is 5.93. The van der Waals surface area contributed by atoms with E-state index < -0.39 is 0 Å². The van der Waals surface area contributed by atoms with E-state index in [1.54, 1.807) is 22.7 Å². The topological polar surface area (TPSA) is 61.4 Å². The Labute approximate surface area is 218 Å². The molecule has 0 saturated heterocycles. The fraction of sp³-hybridized carbons (Fsp3) is 0. The number of amidine groups is 1. The molecule has 0 aliphatic carbocycles. The molecule has 4 aromatic carbocycles. The van der Waals surface area contributed by atoms with Gasteiger partial charge in [-0.1, -0.05) is 78.5 Å². The van der Waals surface area contributed by atoms with Crippen LogP contribution in [0, 0.1) is 0 Å². The first-order chi connectivity index (χ1) is 17.7. The van der Waals surface area contributed by atoms with Crippen molar-refractivity contribution >= 4 is 59.2 Å². The van der Waals surface area contributed by atoms with Gasteiger partial charge < -0.3 is 4.98 Å². The number of fused-ring (bicyclic) bond motifs is 1. The van der Waals surface area contributed by atoms with Crippen LogP contribution in [0.1, 0.15) is 11.1 Å². The van der Waals surface area contributed by atoms with E-state index in [2.05, 4.69) is 35.8 Å². The number of benzene rings is 4. The zero-order valence-corrected chi connectivity index (χ0v) is 20.7. The number of nitrogens with zero attached hydrogens (tertiary/aromatic N) is 3. The molecule has 174 valence electrons. The van der Waals surface area contributed by atoms with Crippen LogP contribution in [0.5, 0.6) is 0 Å².